The quantitative estimate of drug-likeness (QED) is 0.767. The summed E-state index contributed by atoms with van der Waals surface area (Å²) < 4.78 is 1.84. The molecule has 3 heterocycles. The smallest absolute Gasteiger partial charge is 0.137 e. The molecular formula is C18H22N4. The number of hydrogen-bond donors (Lipinski definition) is 1. The molecule has 114 valence electrons. The highest BCUT2D eigenvalue weighted by Crippen LogP contribution is 2.39. The molecule has 4 rings (SSSR count). The van der Waals surface area contributed by atoms with Crippen LogP contribution in [0.25, 0.3) is 22.2 Å². The zero-order valence-electron chi connectivity index (χ0n) is 13.2. The van der Waals surface area contributed by atoms with Crippen LogP contribution in [0.3, 0.4) is 0 Å². The van der Waals surface area contributed by atoms with Crippen LogP contribution >= 0.6 is 0 Å². The molecule has 0 aromatic carbocycles. The molecule has 0 amide bonds. The van der Waals surface area contributed by atoms with Crippen molar-refractivity contribution in [2.75, 3.05) is 0 Å². The molecule has 1 saturated carbocycles. The summed E-state index contributed by atoms with van der Waals surface area (Å²) in [7, 11) is 1.95. The lowest BCUT2D eigenvalue weighted by atomic mass is 9.77. The van der Waals surface area contributed by atoms with Crippen molar-refractivity contribution >= 4 is 11.0 Å². The number of nitrogens with one attached hydrogen (secondary N) is 1. The summed E-state index contributed by atoms with van der Waals surface area (Å²) in [6.07, 6.45) is 13.4. The first-order chi connectivity index (χ1) is 10.7. The molecule has 0 bridgehead atoms. The van der Waals surface area contributed by atoms with Crippen LogP contribution in [-0.4, -0.2) is 19.7 Å². The van der Waals surface area contributed by atoms with E-state index >= 15 is 0 Å². The highest BCUT2D eigenvalue weighted by Gasteiger charge is 2.23. The molecule has 1 fully saturated rings. The van der Waals surface area contributed by atoms with Gasteiger partial charge in [-0.2, -0.15) is 5.10 Å². The number of nitrogens with zero attached hydrogens (tertiary/aromatic N) is 3. The van der Waals surface area contributed by atoms with Crippen LogP contribution in [0.15, 0.2) is 30.9 Å². The van der Waals surface area contributed by atoms with Crippen molar-refractivity contribution in [2.45, 2.75) is 38.5 Å². The molecule has 0 aliphatic heterocycles. The van der Waals surface area contributed by atoms with E-state index in [2.05, 4.69) is 40.5 Å². The number of rotatable bonds is 2. The average molecular weight is 294 g/mol. The Kier molecular flexibility index (Phi) is 3.25. The van der Waals surface area contributed by atoms with E-state index in [-0.39, 0.29) is 0 Å². The van der Waals surface area contributed by atoms with Gasteiger partial charge in [-0.05, 0) is 29.9 Å². The second kappa shape index (κ2) is 5.27. The third-order valence-corrected chi connectivity index (χ3v) is 5.11. The normalized spacial score (nSPS) is 22.3. The van der Waals surface area contributed by atoms with Gasteiger partial charge in [0.15, 0.2) is 0 Å². The van der Waals surface area contributed by atoms with E-state index in [1.165, 1.54) is 42.2 Å². The topological polar surface area (TPSA) is 46.5 Å². The molecule has 4 heteroatoms. The Morgan fingerprint density at radius 3 is 2.86 bits per heavy atom. The Balaban J connectivity index is 1.79. The van der Waals surface area contributed by atoms with E-state index in [0.29, 0.717) is 5.92 Å². The Hall–Kier alpha value is -2.10. The lowest BCUT2D eigenvalue weighted by Crippen LogP contribution is -2.14. The van der Waals surface area contributed by atoms with Crippen LogP contribution in [-0.2, 0) is 7.05 Å². The summed E-state index contributed by atoms with van der Waals surface area (Å²) in [5.41, 5.74) is 4.70. The third kappa shape index (κ3) is 2.23. The molecule has 22 heavy (non-hydrogen) atoms. The lowest BCUT2D eigenvalue weighted by Gasteiger charge is -2.28. The van der Waals surface area contributed by atoms with Crippen molar-refractivity contribution in [3.8, 4) is 11.1 Å². The summed E-state index contributed by atoms with van der Waals surface area (Å²) in [6, 6.07) is 2.34. The predicted octanol–water partition coefficient (Wildman–Crippen LogP) is 4.26. The maximum Gasteiger partial charge on any atom is 0.137 e. The Morgan fingerprint density at radius 2 is 2.09 bits per heavy atom. The minimum atomic E-state index is 0.655. The molecule has 0 spiro atoms. The van der Waals surface area contributed by atoms with Gasteiger partial charge in [-0.15, -0.1) is 0 Å². The van der Waals surface area contributed by atoms with Crippen molar-refractivity contribution in [3.05, 3.63) is 36.4 Å². The van der Waals surface area contributed by atoms with Crippen molar-refractivity contribution in [1.82, 2.24) is 19.7 Å². The maximum atomic E-state index is 4.66. The third-order valence-electron chi connectivity index (χ3n) is 5.11. The minimum absolute atomic E-state index is 0.655. The number of hydrogen-bond acceptors (Lipinski definition) is 2. The highest BCUT2D eigenvalue weighted by molar-refractivity contribution is 5.93. The Morgan fingerprint density at radius 1 is 1.23 bits per heavy atom. The van der Waals surface area contributed by atoms with E-state index in [1.807, 2.05) is 24.1 Å². The number of aromatic amines is 1. The maximum absolute atomic E-state index is 4.66. The standard InChI is InChI=1S/C18H22N4/c1-12-5-3-4-6-15(12)13-7-16-17(10-20-18(16)19-8-13)14-9-21-22(2)11-14/h7-12,15H,3-6H2,1-2H3,(H,19,20). The first kappa shape index (κ1) is 13.6. The van der Waals surface area contributed by atoms with Gasteiger partial charge in [0.05, 0.1) is 6.20 Å². The number of pyridine rings is 1. The molecule has 3 aromatic rings. The average Bonchev–Trinajstić information content (AvgIpc) is 3.13. The van der Waals surface area contributed by atoms with Gasteiger partial charge in [0, 0.05) is 42.2 Å². The zero-order chi connectivity index (χ0) is 15.1. The fraction of sp³-hybridized carbons (Fsp3) is 0.444. The van der Waals surface area contributed by atoms with Crippen LogP contribution in [0.1, 0.15) is 44.1 Å². The van der Waals surface area contributed by atoms with Gasteiger partial charge in [0.2, 0.25) is 0 Å². The predicted molar refractivity (Wildman–Crippen MR) is 88.7 cm³/mol. The minimum Gasteiger partial charge on any atom is -0.346 e. The fourth-order valence-corrected chi connectivity index (χ4v) is 3.83. The molecule has 1 N–H and O–H groups in total. The summed E-state index contributed by atoms with van der Waals surface area (Å²) in [5.74, 6) is 1.41. The molecule has 0 radical (unpaired) electrons. The fourth-order valence-electron chi connectivity index (χ4n) is 3.83. The molecule has 2 unspecified atom stereocenters. The van der Waals surface area contributed by atoms with E-state index < -0.39 is 0 Å². The van der Waals surface area contributed by atoms with Gasteiger partial charge in [-0.3, -0.25) is 4.68 Å². The van der Waals surface area contributed by atoms with E-state index in [4.69, 9.17) is 0 Å². The monoisotopic (exact) mass is 294 g/mol. The van der Waals surface area contributed by atoms with Crippen LogP contribution in [0.4, 0.5) is 0 Å². The molecule has 0 saturated heterocycles. The second-order valence-corrected chi connectivity index (χ2v) is 6.64. The van der Waals surface area contributed by atoms with Crippen LogP contribution in [0.5, 0.6) is 0 Å². The van der Waals surface area contributed by atoms with Gasteiger partial charge in [0.25, 0.3) is 0 Å². The number of fused-ring (bicyclic) bond motifs is 1. The first-order valence-electron chi connectivity index (χ1n) is 8.18. The lowest BCUT2D eigenvalue weighted by molar-refractivity contribution is 0.330. The summed E-state index contributed by atoms with van der Waals surface area (Å²) in [4.78, 5) is 7.95. The van der Waals surface area contributed by atoms with Crippen LogP contribution in [0.2, 0.25) is 0 Å². The van der Waals surface area contributed by atoms with Gasteiger partial charge in [-0.1, -0.05) is 26.2 Å². The van der Waals surface area contributed by atoms with Gasteiger partial charge in [-0.25, -0.2) is 4.98 Å². The second-order valence-electron chi connectivity index (χ2n) is 6.64. The summed E-state index contributed by atoms with van der Waals surface area (Å²) >= 11 is 0. The van der Waals surface area contributed by atoms with Crippen LogP contribution < -0.4 is 0 Å². The SMILES string of the molecule is CC1CCCCC1c1cnc2[nH]cc(-c3cnn(C)c3)c2c1. The largest absolute Gasteiger partial charge is 0.346 e. The molecule has 1 aliphatic rings. The van der Waals surface area contributed by atoms with Crippen molar-refractivity contribution < 1.29 is 0 Å². The van der Waals surface area contributed by atoms with Gasteiger partial charge < -0.3 is 4.98 Å². The summed E-state index contributed by atoms with van der Waals surface area (Å²) in [6.45, 7) is 2.38. The zero-order valence-corrected chi connectivity index (χ0v) is 13.2. The molecule has 1 aliphatic carbocycles. The van der Waals surface area contributed by atoms with Crippen LogP contribution in [0, 0.1) is 5.92 Å². The van der Waals surface area contributed by atoms with Gasteiger partial charge in [0.1, 0.15) is 5.65 Å². The first-order valence-corrected chi connectivity index (χ1v) is 8.18. The van der Waals surface area contributed by atoms with Crippen molar-refractivity contribution in [3.63, 3.8) is 0 Å². The Labute approximate surface area is 130 Å². The molecule has 2 atom stereocenters. The number of aromatic nitrogens is 4. The van der Waals surface area contributed by atoms with Crippen molar-refractivity contribution in [2.24, 2.45) is 13.0 Å². The van der Waals surface area contributed by atoms with Gasteiger partial charge >= 0.3 is 0 Å². The molecular weight excluding hydrogens is 272 g/mol. The van der Waals surface area contributed by atoms with E-state index in [1.54, 1.807) is 0 Å². The number of aryl methyl sites for hydroxylation is 1. The highest BCUT2D eigenvalue weighted by atomic mass is 15.2. The Bertz CT molecular complexity index is 798. The summed E-state index contributed by atoms with van der Waals surface area (Å²) in [5, 5.41) is 5.50. The van der Waals surface area contributed by atoms with E-state index in [9.17, 15) is 0 Å². The van der Waals surface area contributed by atoms with E-state index in [0.717, 1.165) is 17.1 Å². The van der Waals surface area contributed by atoms with Crippen molar-refractivity contribution in [1.29, 1.82) is 0 Å². The molecule has 3 aromatic heterocycles. The number of H-pyrrole nitrogens is 1. The molecule has 4 nitrogen and oxygen atoms in total.